The van der Waals surface area contributed by atoms with Gasteiger partial charge in [0.05, 0.1) is 12.9 Å². The molecule has 0 radical (unpaired) electrons. The number of aliphatic hydroxyl groups is 2. The summed E-state index contributed by atoms with van der Waals surface area (Å²) in [5.41, 5.74) is -1.01. The maximum atomic E-state index is 13.0. The number of hydrogen-bond donors (Lipinski definition) is 3. The smallest absolute Gasteiger partial charge is 0.262 e. The molecule has 1 unspecified atom stereocenters. The van der Waals surface area contributed by atoms with Crippen molar-refractivity contribution in [3.63, 3.8) is 0 Å². The number of carbonyl (C=O) groups is 1. The van der Waals surface area contributed by atoms with Gasteiger partial charge in [-0.1, -0.05) is 60.7 Å². The van der Waals surface area contributed by atoms with E-state index in [1.165, 1.54) is 6.26 Å². The predicted molar refractivity (Wildman–Crippen MR) is 92.6 cm³/mol. The minimum absolute atomic E-state index is 0.348. The molecule has 128 valence electrons. The van der Waals surface area contributed by atoms with Gasteiger partial charge >= 0.3 is 0 Å². The Morgan fingerprint density at radius 2 is 1.52 bits per heavy atom. The van der Waals surface area contributed by atoms with Crippen molar-refractivity contribution in [2.24, 2.45) is 0 Å². The number of hydrogen-bond acceptors (Lipinski definition) is 4. The van der Waals surface area contributed by atoms with E-state index in [1.807, 2.05) is 12.1 Å². The van der Waals surface area contributed by atoms with E-state index in [1.54, 1.807) is 60.7 Å². The van der Waals surface area contributed by atoms with Crippen LogP contribution in [0, 0.1) is 0 Å². The molecular formula is C20H19NO4. The van der Waals surface area contributed by atoms with E-state index in [0.29, 0.717) is 16.9 Å². The highest BCUT2D eigenvalue weighted by molar-refractivity contribution is 5.90. The summed E-state index contributed by atoms with van der Waals surface area (Å²) >= 11 is 0. The highest BCUT2D eigenvalue weighted by Gasteiger charge is 2.41. The first-order valence-corrected chi connectivity index (χ1v) is 7.95. The Balaban J connectivity index is 1.99. The largest absolute Gasteiger partial charge is 0.467 e. The summed E-state index contributed by atoms with van der Waals surface area (Å²) in [6, 6.07) is 20.0. The molecule has 1 atom stereocenters. The zero-order valence-electron chi connectivity index (χ0n) is 13.5. The van der Waals surface area contributed by atoms with Crippen molar-refractivity contribution >= 4 is 5.91 Å². The van der Waals surface area contributed by atoms with E-state index in [0.717, 1.165) is 0 Å². The second-order valence-electron chi connectivity index (χ2n) is 5.67. The second-order valence-corrected chi connectivity index (χ2v) is 5.67. The van der Waals surface area contributed by atoms with E-state index in [2.05, 4.69) is 5.32 Å². The first-order valence-electron chi connectivity index (χ1n) is 7.95. The van der Waals surface area contributed by atoms with Gasteiger partial charge in [-0.2, -0.15) is 0 Å². The minimum Gasteiger partial charge on any atom is -0.467 e. The standard InChI is InChI=1S/C20H19NO4/c22-14-17(18-12-7-13-25-18)21-19(23)20(24,15-8-3-1-4-9-15)16-10-5-2-6-11-16/h1-13,17,22,24H,14H2,(H,21,23). The number of benzene rings is 2. The van der Waals surface area contributed by atoms with Gasteiger partial charge in [0, 0.05) is 0 Å². The van der Waals surface area contributed by atoms with E-state index in [4.69, 9.17) is 4.42 Å². The molecule has 0 bridgehead atoms. The average Bonchev–Trinajstić information content (AvgIpc) is 3.21. The third-order valence-electron chi connectivity index (χ3n) is 4.09. The van der Waals surface area contributed by atoms with Gasteiger partial charge in [-0.05, 0) is 23.3 Å². The molecule has 1 aromatic heterocycles. The number of nitrogens with one attached hydrogen (secondary N) is 1. The molecule has 0 spiro atoms. The summed E-state index contributed by atoms with van der Waals surface area (Å²) < 4.78 is 5.26. The van der Waals surface area contributed by atoms with Gasteiger partial charge in [0.1, 0.15) is 11.8 Å². The fourth-order valence-electron chi connectivity index (χ4n) is 2.75. The second kappa shape index (κ2) is 7.34. The lowest BCUT2D eigenvalue weighted by atomic mass is 9.85. The molecule has 1 amide bonds. The van der Waals surface area contributed by atoms with Crippen LogP contribution in [0.3, 0.4) is 0 Å². The quantitative estimate of drug-likeness (QED) is 0.645. The highest BCUT2D eigenvalue weighted by atomic mass is 16.3. The summed E-state index contributed by atoms with van der Waals surface area (Å²) in [6.07, 6.45) is 1.46. The average molecular weight is 337 g/mol. The van der Waals surface area contributed by atoms with Gasteiger partial charge in [-0.15, -0.1) is 0 Å². The molecule has 0 saturated heterocycles. The molecule has 0 aliphatic carbocycles. The molecule has 0 aliphatic rings. The fourth-order valence-corrected chi connectivity index (χ4v) is 2.75. The molecule has 3 aromatic rings. The van der Waals surface area contributed by atoms with Gasteiger partial charge in [0.25, 0.3) is 5.91 Å². The minimum atomic E-state index is -1.89. The number of aliphatic hydroxyl groups excluding tert-OH is 1. The van der Waals surface area contributed by atoms with E-state index >= 15 is 0 Å². The first kappa shape index (κ1) is 17.0. The maximum absolute atomic E-state index is 13.0. The summed E-state index contributed by atoms with van der Waals surface area (Å²) in [7, 11) is 0. The third kappa shape index (κ3) is 3.33. The summed E-state index contributed by atoms with van der Waals surface area (Å²) in [5.74, 6) is -0.223. The van der Waals surface area contributed by atoms with Crippen LogP contribution in [-0.4, -0.2) is 22.7 Å². The molecule has 0 saturated carbocycles. The van der Waals surface area contributed by atoms with Gasteiger partial charge in [0.2, 0.25) is 0 Å². The van der Waals surface area contributed by atoms with Crippen molar-refractivity contribution in [2.45, 2.75) is 11.6 Å². The Kier molecular flexibility index (Phi) is 4.97. The van der Waals surface area contributed by atoms with Crippen LogP contribution in [-0.2, 0) is 10.4 Å². The number of carbonyl (C=O) groups excluding carboxylic acids is 1. The lowest BCUT2D eigenvalue weighted by Crippen LogP contribution is -2.47. The van der Waals surface area contributed by atoms with Gasteiger partial charge in [-0.3, -0.25) is 4.79 Å². The maximum Gasteiger partial charge on any atom is 0.262 e. The molecule has 5 nitrogen and oxygen atoms in total. The fraction of sp³-hybridized carbons (Fsp3) is 0.150. The Labute approximate surface area is 145 Å². The third-order valence-corrected chi connectivity index (χ3v) is 4.09. The topological polar surface area (TPSA) is 82.7 Å². The molecule has 25 heavy (non-hydrogen) atoms. The van der Waals surface area contributed by atoms with E-state index < -0.39 is 17.6 Å². The van der Waals surface area contributed by atoms with Crippen LogP contribution in [0.25, 0.3) is 0 Å². The van der Waals surface area contributed by atoms with Gasteiger partial charge < -0.3 is 19.9 Å². The van der Waals surface area contributed by atoms with Crippen LogP contribution in [0.5, 0.6) is 0 Å². The number of amides is 1. The van der Waals surface area contributed by atoms with Crippen molar-refractivity contribution in [2.75, 3.05) is 6.61 Å². The molecule has 2 aromatic carbocycles. The Bertz CT molecular complexity index is 761. The molecule has 5 heteroatoms. The highest BCUT2D eigenvalue weighted by Crippen LogP contribution is 2.30. The van der Waals surface area contributed by atoms with Crippen LogP contribution in [0.1, 0.15) is 22.9 Å². The monoisotopic (exact) mass is 337 g/mol. The molecule has 1 heterocycles. The Morgan fingerprint density at radius 3 is 1.96 bits per heavy atom. The summed E-state index contributed by atoms with van der Waals surface area (Å²) in [4.78, 5) is 13.0. The van der Waals surface area contributed by atoms with Gasteiger partial charge in [0.15, 0.2) is 5.60 Å². The molecule has 3 N–H and O–H groups in total. The normalized spacial score (nSPS) is 12.6. The van der Waals surface area contributed by atoms with E-state index in [-0.39, 0.29) is 6.61 Å². The van der Waals surface area contributed by atoms with Gasteiger partial charge in [-0.25, -0.2) is 0 Å². The Hall–Kier alpha value is -2.89. The molecule has 0 fully saturated rings. The molecular weight excluding hydrogens is 318 g/mol. The van der Waals surface area contributed by atoms with Crippen molar-refractivity contribution in [3.05, 3.63) is 95.9 Å². The summed E-state index contributed by atoms with van der Waals surface area (Å²) in [6.45, 7) is -0.348. The van der Waals surface area contributed by atoms with Crippen molar-refractivity contribution < 1.29 is 19.4 Å². The van der Waals surface area contributed by atoms with Crippen LogP contribution in [0.2, 0.25) is 0 Å². The lowest BCUT2D eigenvalue weighted by Gasteiger charge is -2.29. The number of rotatable bonds is 6. The van der Waals surface area contributed by atoms with Crippen LogP contribution >= 0.6 is 0 Å². The van der Waals surface area contributed by atoms with Crippen molar-refractivity contribution in [3.8, 4) is 0 Å². The molecule has 3 rings (SSSR count). The first-order chi connectivity index (χ1) is 12.2. The zero-order valence-corrected chi connectivity index (χ0v) is 13.5. The Morgan fingerprint density at radius 1 is 0.960 bits per heavy atom. The zero-order chi connectivity index (χ0) is 17.7. The van der Waals surface area contributed by atoms with Crippen LogP contribution < -0.4 is 5.32 Å². The van der Waals surface area contributed by atoms with Crippen molar-refractivity contribution in [1.82, 2.24) is 5.32 Å². The van der Waals surface area contributed by atoms with Crippen LogP contribution in [0.4, 0.5) is 0 Å². The number of furan rings is 1. The molecule has 0 aliphatic heterocycles. The van der Waals surface area contributed by atoms with E-state index in [9.17, 15) is 15.0 Å². The van der Waals surface area contributed by atoms with Crippen LogP contribution in [0.15, 0.2) is 83.5 Å². The lowest BCUT2D eigenvalue weighted by molar-refractivity contribution is -0.138. The SMILES string of the molecule is O=C(NC(CO)c1ccco1)C(O)(c1ccccc1)c1ccccc1. The predicted octanol–water partition coefficient (Wildman–Crippen LogP) is 2.37. The summed E-state index contributed by atoms with van der Waals surface area (Å²) in [5, 5.41) is 23.6. The van der Waals surface area contributed by atoms with Crippen molar-refractivity contribution in [1.29, 1.82) is 0 Å².